The molecule has 1 fully saturated rings. The highest BCUT2D eigenvalue weighted by Gasteiger charge is 2.18. The number of fused-ring (bicyclic) bond motifs is 1. The second-order valence-electron chi connectivity index (χ2n) is 7.42. The number of carbonyl (C=O) groups is 1. The molecule has 32 heavy (non-hydrogen) atoms. The summed E-state index contributed by atoms with van der Waals surface area (Å²) >= 11 is 0. The number of para-hydroxylation sites is 1. The van der Waals surface area contributed by atoms with Crippen LogP contribution in [-0.2, 0) is 11.3 Å². The number of halogens is 1. The summed E-state index contributed by atoms with van der Waals surface area (Å²) in [6.07, 6.45) is 3.04. The monoisotopic (exact) mass is 432 g/mol. The van der Waals surface area contributed by atoms with Gasteiger partial charge in [0.25, 0.3) is 5.91 Å². The van der Waals surface area contributed by atoms with Crippen LogP contribution in [0.25, 0.3) is 16.7 Å². The highest BCUT2D eigenvalue weighted by atomic mass is 19.1. The first-order chi connectivity index (χ1) is 15.7. The van der Waals surface area contributed by atoms with E-state index in [1.54, 1.807) is 24.4 Å². The van der Waals surface area contributed by atoms with Crippen LogP contribution in [0.15, 0.2) is 61.1 Å². The number of nitrogens with one attached hydrogen (secondary N) is 1. The molecule has 2 aromatic heterocycles. The van der Waals surface area contributed by atoms with Gasteiger partial charge < -0.3 is 15.0 Å². The van der Waals surface area contributed by atoms with Crippen LogP contribution in [0.1, 0.15) is 15.9 Å². The van der Waals surface area contributed by atoms with E-state index < -0.39 is 0 Å². The minimum atomic E-state index is -0.377. The fourth-order valence-electron chi connectivity index (χ4n) is 3.68. The van der Waals surface area contributed by atoms with Crippen molar-refractivity contribution in [1.82, 2.24) is 24.6 Å². The van der Waals surface area contributed by atoms with E-state index in [4.69, 9.17) is 4.74 Å². The quantitative estimate of drug-likeness (QED) is 0.522. The molecule has 1 N–H and O–H groups in total. The second kappa shape index (κ2) is 8.72. The Morgan fingerprint density at radius 2 is 1.84 bits per heavy atom. The van der Waals surface area contributed by atoms with E-state index in [1.807, 2.05) is 29.2 Å². The van der Waals surface area contributed by atoms with Gasteiger partial charge in [-0.25, -0.2) is 19.0 Å². The van der Waals surface area contributed by atoms with Crippen LogP contribution in [0, 0.1) is 5.82 Å². The lowest BCUT2D eigenvalue weighted by molar-refractivity contribution is 0.0303. The van der Waals surface area contributed by atoms with Crippen LogP contribution in [0.3, 0.4) is 0 Å². The molecule has 9 heteroatoms. The van der Waals surface area contributed by atoms with Gasteiger partial charge in [-0.1, -0.05) is 24.3 Å². The summed E-state index contributed by atoms with van der Waals surface area (Å²) in [6, 6.07) is 13.9. The summed E-state index contributed by atoms with van der Waals surface area (Å²) in [6.45, 7) is 2.89. The van der Waals surface area contributed by atoms with Crippen molar-refractivity contribution in [3.8, 4) is 5.69 Å². The standard InChI is InChI=1S/C23H21FN6O2/c24-19-3-1-2-4-20(19)30-22-18(14-28-30)21(26-15-27-22)25-13-16-5-7-17(8-6-16)23(31)29-9-11-32-12-10-29/h1-8,14-15H,9-13H2,(H,25,26,27). The molecule has 2 aromatic carbocycles. The van der Waals surface area contributed by atoms with Gasteiger partial charge in [-0.2, -0.15) is 5.10 Å². The Hall–Kier alpha value is -3.85. The van der Waals surface area contributed by atoms with E-state index in [0.717, 1.165) is 5.56 Å². The van der Waals surface area contributed by atoms with Gasteiger partial charge in [0.1, 0.15) is 23.6 Å². The lowest BCUT2D eigenvalue weighted by atomic mass is 10.1. The van der Waals surface area contributed by atoms with E-state index in [1.165, 1.54) is 17.1 Å². The van der Waals surface area contributed by atoms with Gasteiger partial charge in [-0.05, 0) is 29.8 Å². The minimum absolute atomic E-state index is 0.0193. The second-order valence-corrected chi connectivity index (χ2v) is 7.42. The minimum Gasteiger partial charge on any atom is -0.378 e. The van der Waals surface area contributed by atoms with Crippen molar-refractivity contribution in [2.75, 3.05) is 31.6 Å². The molecule has 1 aliphatic rings. The normalized spacial score (nSPS) is 14.0. The first kappa shape index (κ1) is 20.1. The summed E-state index contributed by atoms with van der Waals surface area (Å²) in [5, 5.41) is 8.28. The zero-order valence-electron chi connectivity index (χ0n) is 17.2. The summed E-state index contributed by atoms with van der Waals surface area (Å²) in [5.74, 6) is 0.245. The highest BCUT2D eigenvalue weighted by molar-refractivity contribution is 5.94. The zero-order valence-corrected chi connectivity index (χ0v) is 17.2. The smallest absolute Gasteiger partial charge is 0.254 e. The van der Waals surface area contributed by atoms with E-state index in [2.05, 4.69) is 20.4 Å². The topological polar surface area (TPSA) is 85.2 Å². The molecular weight excluding hydrogens is 411 g/mol. The van der Waals surface area contributed by atoms with E-state index in [-0.39, 0.29) is 11.7 Å². The number of hydrogen-bond donors (Lipinski definition) is 1. The average Bonchev–Trinajstić information content (AvgIpc) is 3.28. The van der Waals surface area contributed by atoms with Crippen LogP contribution in [0.2, 0.25) is 0 Å². The van der Waals surface area contributed by atoms with Crippen molar-refractivity contribution in [2.45, 2.75) is 6.54 Å². The van der Waals surface area contributed by atoms with Crippen molar-refractivity contribution in [3.05, 3.63) is 78.0 Å². The fourth-order valence-corrected chi connectivity index (χ4v) is 3.68. The van der Waals surface area contributed by atoms with Crippen molar-refractivity contribution in [2.24, 2.45) is 0 Å². The van der Waals surface area contributed by atoms with Crippen LogP contribution in [-0.4, -0.2) is 56.9 Å². The molecule has 5 rings (SSSR count). The number of ether oxygens (including phenoxy) is 1. The molecule has 0 radical (unpaired) electrons. The van der Waals surface area contributed by atoms with Gasteiger partial charge in [0, 0.05) is 25.2 Å². The highest BCUT2D eigenvalue weighted by Crippen LogP contribution is 2.23. The number of carbonyl (C=O) groups excluding carboxylic acids is 1. The van der Waals surface area contributed by atoms with Gasteiger partial charge in [0.15, 0.2) is 5.65 Å². The first-order valence-corrected chi connectivity index (χ1v) is 10.3. The molecule has 0 bridgehead atoms. The first-order valence-electron chi connectivity index (χ1n) is 10.3. The third-order valence-corrected chi connectivity index (χ3v) is 5.41. The maximum atomic E-state index is 14.2. The number of hydrogen-bond acceptors (Lipinski definition) is 6. The molecule has 0 atom stereocenters. The van der Waals surface area contributed by atoms with Crippen molar-refractivity contribution < 1.29 is 13.9 Å². The lowest BCUT2D eigenvalue weighted by Crippen LogP contribution is -2.40. The maximum absolute atomic E-state index is 14.2. The molecule has 0 spiro atoms. The molecule has 8 nitrogen and oxygen atoms in total. The predicted molar refractivity (Wildman–Crippen MR) is 117 cm³/mol. The van der Waals surface area contributed by atoms with E-state index in [9.17, 15) is 9.18 Å². The molecule has 3 heterocycles. The number of amides is 1. The molecule has 0 aliphatic carbocycles. The molecule has 1 aliphatic heterocycles. The van der Waals surface area contributed by atoms with E-state index in [0.29, 0.717) is 61.0 Å². The van der Waals surface area contributed by atoms with Gasteiger partial charge in [-0.15, -0.1) is 0 Å². The van der Waals surface area contributed by atoms with Crippen molar-refractivity contribution in [3.63, 3.8) is 0 Å². The predicted octanol–water partition coefficient (Wildman–Crippen LogP) is 3.04. The lowest BCUT2D eigenvalue weighted by Gasteiger charge is -2.26. The molecule has 0 unspecified atom stereocenters. The molecular formula is C23H21FN6O2. The summed E-state index contributed by atoms with van der Waals surface area (Å²) < 4.78 is 21.0. The molecule has 1 saturated heterocycles. The fraction of sp³-hybridized carbons (Fsp3) is 0.217. The zero-order chi connectivity index (χ0) is 21.9. The summed E-state index contributed by atoms with van der Waals surface area (Å²) in [7, 11) is 0. The van der Waals surface area contributed by atoms with Crippen molar-refractivity contribution >= 4 is 22.8 Å². The number of nitrogens with zero attached hydrogens (tertiary/aromatic N) is 5. The Morgan fingerprint density at radius 1 is 1.06 bits per heavy atom. The Kier molecular flexibility index (Phi) is 5.47. The molecule has 162 valence electrons. The number of morpholine rings is 1. The average molecular weight is 432 g/mol. The number of aromatic nitrogens is 4. The van der Waals surface area contributed by atoms with Crippen LogP contribution in [0.5, 0.6) is 0 Å². The molecule has 1 amide bonds. The Morgan fingerprint density at radius 3 is 2.62 bits per heavy atom. The summed E-state index contributed by atoms with van der Waals surface area (Å²) in [5.41, 5.74) is 2.50. The van der Waals surface area contributed by atoms with Crippen LogP contribution in [0.4, 0.5) is 10.2 Å². The third kappa shape index (κ3) is 3.90. The number of rotatable bonds is 5. The van der Waals surface area contributed by atoms with Gasteiger partial charge in [0.2, 0.25) is 0 Å². The van der Waals surface area contributed by atoms with Crippen LogP contribution < -0.4 is 5.32 Å². The van der Waals surface area contributed by atoms with Gasteiger partial charge >= 0.3 is 0 Å². The largest absolute Gasteiger partial charge is 0.378 e. The van der Waals surface area contributed by atoms with Crippen molar-refractivity contribution in [1.29, 1.82) is 0 Å². The maximum Gasteiger partial charge on any atom is 0.254 e. The Balaban J connectivity index is 1.31. The van der Waals surface area contributed by atoms with E-state index >= 15 is 0 Å². The molecule has 0 saturated carbocycles. The van der Waals surface area contributed by atoms with Gasteiger partial charge in [0.05, 0.1) is 24.8 Å². The van der Waals surface area contributed by atoms with Gasteiger partial charge in [-0.3, -0.25) is 4.79 Å². The summed E-state index contributed by atoms with van der Waals surface area (Å²) in [4.78, 5) is 23.0. The third-order valence-electron chi connectivity index (χ3n) is 5.41. The Labute approximate surface area is 183 Å². The SMILES string of the molecule is O=C(c1ccc(CNc2ncnc3c2cnn3-c2ccccc2F)cc1)N1CCOCC1. The number of benzene rings is 2. The van der Waals surface area contributed by atoms with Crippen LogP contribution >= 0.6 is 0 Å². The Bertz CT molecular complexity index is 1250. The number of anilines is 1. The molecule has 4 aromatic rings.